The average molecular weight is 259 g/mol. The van der Waals surface area contributed by atoms with Crippen molar-refractivity contribution in [1.82, 2.24) is 15.8 Å². The van der Waals surface area contributed by atoms with Gasteiger partial charge in [0, 0.05) is 11.6 Å². The van der Waals surface area contributed by atoms with Crippen LogP contribution in [0, 0.1) is 0 Å². The van der Waals surface area contributed by atoms with Crippen molar-refractivity contribution in [2.24, 2.45) is 0 Å². The van der Waals surface area contributed by atoms with E-state index in [1.165, 1.54) is 11.3 Å². The van der Waals surface area contributed by atoms with Gasteiger partial charge in [0.25, 0.3) is 0 Å². The van der Waals surface area contributed by atoms with Crippen LogP contribution >= 0.6 is 11.3 Å². The van der Waals surface area contributed by atoms with Crippen LogP contribution in [-0.2, 0) is 9.63 Å². The Hall–Kier alpha value is -1.67. The Kier molecular flexibility index (Phi) is 5.37. The predicted octanol–water partition coefficient (Wildman–Crippen LogP) is 0.910. The molecule has 0 saturated heterocycles. The smallest absolute Gasteiger partial charge is 0.339 e. The van der Waals surface area contributed by atoms with Crippen LogP contribution in [0.4, 0.5) is 4.79 Å². The number of aliphatic carboxylic acids is 1. The maximum absolute atomic E-state index is 11.3. The number of nitrogens with zero attached hydrogens (tertiary/aromatic N) is 1. The summed E-state index contributed by atoms with van der Waals surface area (Å²) in [5, 5.41) is 13.5. The van der Waals surface area contributed by atoms with E-state index in [4.69, 9.17) is 5.11 Å². The zero-order valence-corrected chi connectivity index (χ0v) is 9.99. The highest BCUT2D eigenvalue weighted by Gasteiger charge is 2.14. The van der Waals surface area contributed by atoms with Gasteiger partial charge in [0.05, 0.1) is 6.04 Å². The number of aromatic nitrogens is 1. The Labute approximate surface area is 102 Å². The van der Waals surface area contributed by atoms with Gasteiger partial charge in [0.15, 0.2) is 6.61 Å². The minimum Gasteiger partial charge on any atom is -0.479 e. The summed E-state index contributed by atoms with van der Waals surface area (Å²) in [6, 6.07) is -0.795. The quantitative estimate of drug-likeness (QED) is 0.659. The SMILES string of the molecule is CCC(NC(=O)NOCC(=O)O)c1nccs1. The Bertz CT molecular complexity index is 368. The Morgan fingerprint density at radius 2 is 2.41 bits per heavy atom. The van der Waals surface area contributed by atoms with Crippen LogP contribution in [-0.4, -0.2) is 28.7 Å². The summed E-state index contributed by atoms with van der Waals surface area (Å²) in [5.41, 5.74) is 1.99. The van der Waals surface area contributed by atoms with Gasteiger partial charge in [-0.1, -0.05) is 6.92 Å². The molecule has 1 atom stereocenters. The summed E-state index contributed by atoms with van der Waals surface area (Å²) in [4.78, 5) is 30.0. The largest absolute Gasteiger partial charge is 0.479 e. The normalized spacial score (nSPS) is 11.8. The van der Waals surface area contributed by atoms with Gasteiger partial charge in [-0.25, -0.2) is 20.1 Å². The second-order valence-corrected chi connectivity index (χ2v) is 4.02. The van der Waals surface area contributed by atoms with Crippen molar-refractivity contribution >= 4 is 23.3 Å². The molecule has 7 nitrogen and oxygen atoms in total. The van der Waals surface area contributed by atoms with E-state index in [1.807, 2.05) is 17.8 Å². The summed E-state index contributed by atoms with van der Waals surface area (Å²) in [7, 11) is 0. The fourth-order valence-corrected chi connectivity index (χ4v) is 1.87. The number of thiazole rings is 1. The monoisotopic (exact) mass is 259 g/mol. The molecule has 94 valence electrons. The van der Waals surface area contributed by atoms with Gasteiger partial charge < -0.3 is 10.4 Å². The minimum absolute atomic E-state index is 0.205. The van der Waals surface area contributed by atoms with Crippen LogP contribution in [0.5, 0.6) is 0 Å². The number of amides is 2. The molecule has 1 aromatic heterocycles. The van der Waals surface area contributed by atoms with Crippen molar-refractivity contribution in [3.8, 4) is 0 Å². The number of nitrogens with one attached hydrogen (secondary N) is 2. The summed E-state index contributed by atoms with van der Waals surface area (Å²) in [5.74, 6) is -1.16. The lowest BCUT2D eigenvalue weighted by molar-refractivity contribution is -0.144. The highest BCUT2D eigenvalue weighted by molar-refractivity contribution is 7.09. The number of rotatable bonds is 6. The summed E-state index contributed by atoms with van der Waals surface area (Å²) < 4.78 is 0. The molecule has 0 bridgehead atoms. The molecule has 8 heteroatoms. The third-order valence-electron chi connectivity index (χ3n) is 1.82. The number of carboxylic acids is 1. The van der Waals surface area contributed by atoms with E-state index < -0.39 is 18.6 Å². The van der Waals surface area contributed by atoms with Crippen LogP contribution < -0.4 is 10.8 Å². The molecule has 3 N–H and O–H groups in total. The molecule has 0 fully saturated rings. The molecule has 0 saturated carbocycles. The third kappa shape index (κ3) is 4.79. The zero-order valence-electron chi connectivity index (χ0n) is 9.17. The molecule has 0 aliphatic carbocycles. The van der Waals surface area contributed by atoms with Crippen LogP contribution in [0.1, 0.15) is 24.4 Å². The fraction of sp³-hybridized carbons (Fsp3) is 0.444. The number of hydroxylamine groups is 1. The summed E-state index contributed by atoms with van der Waals surface area (Å²) >= 11 is 1.44. The number of urea groups is 1. The maximum Gasteiger partial charge on any atom is 0.339 e. The maximum atomic E-state index is 11.3. The van der Waals surface area contributed by atoms with Crippen LogP contribution in [0.15, 0.2) is 11.6 Å². The van der Waals surface area contributed by atoms with Crippen molar-refractivity contribution in [1.29, 1.82) is 0 Å². The van der Waals surface area contributed by atoms with E-state index in [1.54, 1.807) is 6.20 Å². The van der Waals surface area contributed by atoms with E-state index in [0.717, 1.165) is 5.01 Å². The second kappa shape index (κ2) is 6.81. The van der Waals surface area contributed by atoms with Crippen molar-refractivity contribution in [3.05, 3.63) is 16.6 Å². The van der Waals surface area contributed by atoms with Gasteiger partial charge >= 0.3 is 12.0 Å². The van der Waals surface area contributed by atoms with E-state index in [-0.39, 0.29) is 6.04 Å². The molecule has 1 rings (SSSR count). The predicted molar refractivity (Wildman–Crippen MR) is 60.4 cm³/mol. The van der Waals surface area contributed by atoms with Crippen molar-refractivity contribution in [2.45, 2.75) is 19.4 Å². The summed E-state index contributed by atoms with van der Waals surface area (Å²) in [6.07, 6.45) is 2.34. The molecule has 0 aromatic carbocycles. The standard InChI is InChI=1S/C9H13N3O4S/c1-2-6(8-10-3-4-17-8)11-9(15)12-16-5-7(13)14/h3-4,6H,2,5H2,1H3,(H,13,14)(H2,11,12,15). The topological polar surface area (TPSA) is 101 Å². The number of carboxylic acid groups (broad SMARTS) is 1. The second-order valence-electron chi connectivity index (χ2n) is 3.09. The van der Waals surface area contributed by atoms with Crippen LogP contribution in [0.2, 0.25) is 0 Å². The average Bonchev–Trinajstić information content (AvgIpc) is 2.78. The minimum atomic E-state index is -1.16. The number of hydrogen-bond acceptors (Lipinski definition) is 5. The molecule has 2 amide bonds. The van der Waals surface area contributed by atoms with Crippen molar-refractivity contribution < 1.29 is 19.5 Å². The first-order valence-corrected chi connectivity index (χ1v) is 5.81. The molecule has 0 spiro atoms. The Balaban J connectivity index is 2.36. The fourth-order valence-electron chi connectivity index (χ4n) is 1.10. The lowest BCUT2D eigenvalue weighted by Gasteiger charge is -2.14. The molecule has 0 aliphatic rings. The molecule has 0 aliphatic heterocycles. The molecule has 1 heterocycles. The first-order valence-electron chi connectivity index (χ1n) is 4.93. The third-order valence-corrected chi connectivity index (χ3v) is 2.71. The van der Waals surface area contributed by atoms with Gasteiger partial charge in [-0.15, -0.1) is 11.3 Å². The number of carbonyl (C=O) groups is 2. The highest BCUT2D eigenvalue weighted by Crippen LogP contribution is 2.18. The Morgan fingerprint density at radius 1 is 1.65 bits per heavy atom. The van der Waals surface area contributed by atoms with Gasteiger partial charge in [-0.05, 0) is 6.42 Å². The van der Waals surface area contributed by atoms with E-state index in [2.05, 4.69) is 15.1 Å². The molecule has 1 unspecified atom stereocenters. The molecule has 17 heavy (non-hydrogen) atoms. The molecular formula is C9H13N3O4S. The van der Waals surface area contributed by atoms with Crippen LogP contribution in [0.25, 0.3) is 0 Å². The first kappa shape index (κ1) is 13.4. The lowest BCUT2D eigenvalue weighted by atomic mass is 10.2. The van der Waals surface area contributed by atoms with Crippen molar-refractivity contribution in [3.63, 3.8) is 0 Å². The van der Waals surface area contributed by atoms with Gasteiger partial charge in [0.2, 0.25) is 0 Å². The van der Waals surface area contributed by atoms with Gasteiger partial charge in [0.1, 0.15) is 5.01 Å². The molecular weight excluding hydrogens is 246 g/mol. The number of carbonyl (C=O) groups excluding carboxylic acids is 1. The highest BCUT2D eigenvalue weighted by atomic mass is 32.1. The summed E-state index contributed by atoms with van der Waals surface area (Å²) in [6.45, 7) is 1.33. The molecule has 1 aromatic rings. The number of hydrogen-bond donors (Lipinski definition) is 3. The van der Waals surface area contributed by atoms with Gasteiger partial charge in [-0.2, -0.15) is 0 Å². The van der Waals surface area contributed by atoms with Gasteiger partial charge in [-0.3, -0.25) is 4.84 Å². The van der Waals surface area contributed by atoms with Crippen molar-refractivity contribution in [2.75, 3.05) is 6.61 Å². The van der Waals surface area contributed by atoms with Crippen LogP contribution in [0.3, 0.4) is 0 Å². The van der Waals surface area contributed by atoms with E-state index in [9.17, 15) is 9.59 Å². The molecule has 0 radical (unpaired) electrons. The Morgan fingerprint density at radius 3 is 2.94 bits per heavy atom. The zero-order chi connectivity index (χ0) is 12.7. The van der Waals surface area contributed by atoms with E-state index >= 15 is 0 Å². The lowest BCUT2D eigenvalue weighted by Crippen LogP contribution is -2.38. The van der Waals surface area contributed by atoms with E-state index in [0.29, 0.717) is 6.42 Å². The first-order chi connectivity index (χ1) is 8.13.